The Labute approximate surface area is 104 Å². The van der Waals surface area contributed by atoms with Crippen LogP contribution in [0.1, 0.15) is 45.3 Å². The predicted octanol–water partition coefficient (Wildman–Crippen LogP) is 1.74. The predicted molar refractivity (Wildman–Crippen MR) is 69.8 cm³/mol. The fraction of sp³-hybridized carbons (Fsp3) is 0.769. The molecule has 4 heteroatoms. The van der Waals surface area contributed by atoms with Crippen molar-refractivity contribution in [2.24, 2.45) is 11.1 Å². The van der Waals surface area contributed by atoms with Crippen LogP contribution < -0.4 is 5.73 Å². The molecule has 0 spiro atoms. The van der Waals surface area contributed by atoms with Gasteiger partial charge in [-0.2, -0.15) is 5.10 Å². The van der Waals surface area contributed by atoms with E-state index in [1.807, 2.05) is 16.9 Å². The summed E-state index contributed by atoms with van der Waals surface area (Å²) in [5.41, 5.74) is 6.64. The van der Waals surface area contributed by atoms with Crippen molar-refractivity contribution in [1.29, 1.82) is 0 Å². The normalized spacial score (nSPS) is 15.2. The molecule has 1 rings (SSSR count). The minimum atomic E-state index is -0.203. The van der Waals surface area contributed by atoms with Crippen LogP contribution in [0.5, 0.6) is 0 Å². The summed E-state index contributed by atoms with van der Waals surface area (Å²) in [5.74, 6) is 0. The second-order valence-corrected chi connectivity index (χ2v) is 5.17. The fourth-order valence-electron chi connectivity index (χ4n) is 2.14. The van der Waals surface area contributed by atoms with Crippen molar-refractivity contribution in [1.82, 2.24) is 9.78 Å². The van der Waals surface area contributed by atoms with E-state index >= 15 is 0 Å². The zero-order chi connectivity index (χ0) is 12.9. The number of aliphatic hydroxyl groups is 1. The first-order valence-corrected chi connectivity index (χ1v) is 6.42. The van der Waals surface area contributed by atoms with Crippen LogP contribution in [0.3, 0.4) is 0 Å². The van der Waals surface area contributed by atoms with E-state index in [2.05, 4.69) is 25.9 Å². The van der Waals surface area contributed by atoms with Gasteiger partial charge in [-0.1, -0.05) is 13.3 Å². The third-order valence-corrected chi connectivity index (χ3v) is 3.30. The maximum atomic E-state index is 9.57. The molecular formula is C13H25N3O. The SMILES string of the molecule is CCCC(CN)(CO)Cc1ccn(C(C)C)n1. The molecule has 0 aliphatic rings. The number of nitrogens with zero attached hydrogens (tertiary/aromatic N) is 2. The molecule has 1 aromatic heterocycles. The zero-order valence-electron chi connectivity index (χ0n) is 11.2. The maximum Gasteiger partial charge on any atom is 0.0631 e. The zero-order valence-corrected chi connectivity index (χ0v) is 11.2. The van der Waals surface area contributed by atoms with E-state index in [9.17, 15) is 5.11 Å². The Morgan fingerprint density at radius 2 is 2.24 bits per heavy atom. The molecule has 3 N–H and O–H groups in total. The molecule has 1 unspecified atom stereocenters. The molecule has 0 radical (unpaired) electrons. The monoisotopic (exact) mass is 239 g/mol. The third kappa shape index (κ3) is 3.54. The fourth-order valence-corrected chi connectivity index (χ4v) is 2.14. The summed E-state index contributed by atoms with van der Waals surface area (Å²) in [6, 6.07) is 2.40. The van der Waals surface area contributed by atoms with E-state index < -0.39 is 0 Å². The summed E-state index contributed by atoms with van der Waals surface area (Å²) in [7, 11) is 0. The van der Waals surface area contributed by atoms with Crippen LogP contribution in [-0.4, -0.2) is 28.0 Å². The molecule has 0 saturated carbocycles. The highest BCUT2D eigenvalue weighted by atomic mass is 16.3. The second kappa shape index (κ2) is 6.17. The molecule has 4 nitrogen and oxygen atoms in total. The number of hydrogen-bond acceptors (Lipinski definition) is 3. The van der Waals surface area contributed by atoms with Gasteiger partial charge in [0.15, 0.2) is 0 Å². The lowest BCUT2D eigenvalue weighted by Crippen LogP contribution is -2.36. The number of hydrogen-bond donors (Lipinski definition) is 2. The van der Waals surface area contributed by atoms with E-state index in [1.165, 1.54) is 0 Å². The molecule has 0 fully saturated rings. The van der Waals surface area contributed by atoms with Crippen LogP contribution in [0.15, 0.2) is 12.3 Å². The Morgan fingerprint density at radius 3 is 2.65 bits per heavy atom. The number of rotatable bonds is 7. The highest BCUT2D eigenvalue weighted by Crippen LogP contribution is 2.26. The molecule has 17 heavy (non-hydrogen) atoms. The summed E-state index contributed by atoms with van der Waals surface area (Å²) in [6.07, 6.45) is 4.72. The van der Waals surface area contributed by atoms with Gasteiger partial charge >= 0.3 is 0 Å². The van der Waals surface area contributed by atoms with Gasteiger partial charge < -0.3 is 10.8 Å². The molecule has 1 aromatic rings. The molecular weight excluding hydrogens is 214 g/mol. The Morgan fingerprint density at radius 1 is 1.53 bits per heavy atom. The van der Waals surface area contributed by atoms with Gasteiger partial charge in [-0.15, -0.1) is 0 Å². The van der Waals surface area contributed by atoms with Crippen molar-refractivity contribution in [2.45, 2.75) is 46.1 Å². The van der Waals surface area contributed by atoms with E-state index in [-0.39, 0.29) is 12.0 Å². The average molecular weight is 239 g/mol. The molecule has 0 aliphatic heterocycles. The largest absolute Gasteiger partial charge is 0.396 e. The molecule has 0 saturated heterocycles. The van der Waals surface area contributed by atoms with Gasteiger partial charge in [0.2, 0.25) is 0 Å². The van der Waals surface area contributed by atoms with Crippen molar-refractivity contribution < 1.29 is 5.11 Å². The molecule has 98 valence electrons. The maximum absolute atomic E-state index is 9.57. The van der Waals surface area contributed by atoms with Gasteiger partial charge in [-0.3, -0.25) is 4.68 Å². The molecule has 0 amide bonds. The van der Waals surface area contributed by atoms with Crippen LogP contribution >= 0.6 is 0 Å². The topological polar surface area (TPSA) is 64.1 Å². The highest BCUT2D eigenvalue weighted by molar-refractivity contribution is 5.04. The van der Waals surface area contributed by atoms with Crippen LogP contribution in [-0.2, 0) is 6.42 Å². The van der Waals surface area contributed by atoms with Crippen LogP contribution in [0.2, 0.25) is 0 Å². The van der Waals surface area contributed by atoms with Crippen LogP contribution in [0, 0.1) is 5.41 Å². The minimum Gasteiger partial charge on any atom is -0.396 e. The lowest BCUT2D eigenvalue weighted by atomic mass is 9.80. The Balaban J connectivity index is 2.78. The molecule has 1 heterocycles. The smallest absolute Gasteiger partial charge is 0.0631 e. The lowest BCUT2D eigenvalue weighted by Gasteiger charge is -2.29. The summed E-state index contributed by atoms with van der Waals surface area (Å²) in [5, 5.41) is 14.1. The molecule has 0 aliphatic carbocycles. The van der Waals surface area contributed by atoms with Gasteiger partial charge in [-0.25, -0.2) is 0 Å². The number of nitrogens with two attached hydrogens (primary N) is 1. The minimum absolute atomic E-state index is 0.131. The summed E-state index contributed by atoms with van der Waals surface area (Å²) in [4.78, 5) is 0. The van der Waals surface area contributed by atoms with Gasteiger partial charge in [0, 0.05) is 30.6 Å². The van der Waals surface area contributed by atoms with Crippen molar-refractivity contribution in [2.75, 3.05) is 13.2 Å². The van der Waals surface area contributed by atoms with Crippen LogP contribution in [0.4, 0.5) is 0 Å². The van der Waals surface area contributed by atoms with Crippen molar-refractivity contribution in [3.05, 3.63) is 18.0 Å². The lowest BCUT2D eigenvalue weighted by molar-refractivity contribution is 0.119. The Hall–Kier alpha value is -0.870. The summed E-state index contributed by atoms with van der Waals surface area (Å²) < 4.78 is 1.94. The average Bonchev–Trinajstić information content (AvgIpc) is 2.77. The molecule has 0 bridgehead atoms. The van der Waals surface area contributed by atoms with Crippen molar-refractivity contribution in [3.8, 4) is 0 Å². The van der Waals surface area contributed by atoms with Crippen LogP contribution in [0.25, 0.3) is 0 Å². The van der Waals surface area contributed by atoms with Crippen molar-refractivity contribution in [3.63, 3.8) is 0 Å². The van der Waals surface area contributed by atoms with E-state index in [4.69, 9.17) is 5.73 Å². The first-order chi connectivity index (χ1) is 8.06. The quantitative estimate of drug-likeness (QED) is 0.762. The standard InChI is InChI=1S/C13H25N3O/c1-4-6-13(9-14,10-17)8-12-5-7-16(15-12)11(2)3/h5,7,11,17H,4,6,8-10,14H2,1-3H3. The van der Waals surface area contributed by atoms with E-state index in [1.54, 1.807) is 0 Å². The summed E-state index contributed by atoms with van der Waals surface area (Å²) >= 11 is 0. The van der Waals surface area contributed by atoms with Gasteiger partial charge in [0.1, 0.15) is 0 Å². The number of aromatic nitrogens is 2. The van der Waals surface area contributed by atoms with E-state index in [0.29, 0.717) is 12.6 Å². The first kappa shape index (κ1) is 14.2. The second-order valence-electron chi connectivity index (χ2n) is 5.17. The van der Waals surface area contributed by atoms with Crippen molar-refractivity contribution >= 4 is 0 Å². The Kier molecular flexibility index (Phi) is 5.15. The van der Waals surface area contributed by atoms with E-state index in [0.717, 1.165) is 25.0 Å². The third-order valence-electron chi connectivity index (χ3n) is 3.30. The molecule has 0 aromatic carbocycles. The molecule has 1 atom stereocenters. The van der Waals surface area contributed by atoms with Gasteiger partial charge in [0.25, 0.3) is 0 Å². The Bertz CT molecular complexity index is 329. The highest BCUT2D eigenvalue weighted by Gasteiger charge is 2.28. The summed E-state index contributed by atoms with van der Waals surface area (Å²) in [6.45, 7) is 6.96. The van der Waals surface area contributed by atoms with Gasteiger partial charge in [-0.05, 0) is 26.3 Å². The van der Waals surface area contributed by atoms with Gasteiger partial charge in [0.05, 0.1) is 12.3 Å². The first-order valence-electron chi connectivity index (χ1n) is 6.42. The number of aliphatic hydroxyl groups excluding tert-OH is 1.